The van der Waals surface area contributed by atoms with Crippen molar-refractivity contribution in [1.29, 1.82) is 0 Å². The van der Waals surface area contributed by atoms with Gasteiger partial charge in [0.2, 0.25) is 0 Å². The van der Waals surface area contributed by atoms with E-state index in [1.165, 1.54) is 11.1 Å². The number of benzene rings is 1. The van der Waals surface area contributed by atoms with Crippen molar-refractivity contribution in [2.45, 2.75) is 32.4 Å². The molecule has 0 aromatic heterocycles. The van der Waals surface area contributed by atoms with Crippen LogP contribution in [0.5, 0.6) is 0 Å². The van der Waals surface area contributed by atoms with Crippen LogP contribution in [0.3, 0.4) is 0 Å². The van der Waals surface area contributed by atoms with Gasteiger partial charge < -0.3 is 9.84 Å². The number of hydrogen-bond acceptors (Lipinski definition) is 4. The molecule has 2 aliphatic rings. The summed E-state index contributed by atoms with van der Waals surface area (Å²) in [6, 6.07) is 6.12. The van der Waals surface area contributed by atoms with E-state index in [0.29, 0.717) is 19.7 Å². The van der Waals surface area contributed by atoms with E-state index < -0.39 is 0 Å². The summed E-state index contributed by atoms with van der Waals surface area (Å²) in [4.78, 5) is 15.8. The largest absolute Gasteiger partial charge is 0.447 e. The van der Waals surface area contributed by atoms with Crippen molar-refractivity contribution < 1.29 is 14.6 Å². The quantitative estimate of drug-likeness (QED) is 0.918. The van der Waals surface area contributed by atoms with Crippen LogP contribution in [0.15, 0.2) is 18.2 Å². The lowest BCUT2D eigenvalue weighted by Gasteiger charge is -2.32. The number of fused-ring (bicyclic) bond motifs is 1. The van der Waals surface area contributed by atoms with Gasteiger partial charge in [-0.05, 0) is 30.0 Å². The third kappa shape index (κ3) is 2.89. The molecule has 1 N–H and O–H groups in total. The lowest BCUT2D eigenvalue weighted by Crippen LogP contribution is -2.37. The van der Waals surface area contributed by atoms with Crippen molar-refractivity contribution in [3.05, 3.63) is 29.3 Å². The Hall–Kier alpha value is -1.59. The van der Waals surface area contributed by atoms with E-state index in [9.17, 15) is 9.90 Å². The van der Waals surface area contributed by atoms with Crippen molar-refractivity contribution in [3.63, 3.8) is 0 Å². The molecule has 1 aromatic carbocycles. The summed E-state index contributed by atoms with van der Waals surface area (Å²) in [6.45, 7) is 5.57. The zero-order valence-electron chi connectivity index (χ0n) is 12.4. The van der Waals surface area contributed by atoms with Crippen LogP contribution < -0.4 is 4.90 Å². The second kappa shape index (κ2) is 6.03. The van der Waals surface area contributed by atoms with Crippen molar-refractivity contribution in [2.24, 2.45) is 0 Å². The molecule has 0 aliphatic carbocycles. The standard InChI is InChI=1S/C16H22N2O3/c1-2-13(19)11-17-7-6-14-12(10-17)4-3-5-15(14)18-8-9-21-16(18)20/h3-5,13,19H,2,6-11H2,1H3/t13-/m1/s1. The predicted octanol–water partition coefficient (Wildman–Crippen LogP) is 1.77. The number of cyclic esters (lactones) is 1. The molecule has 0 bridgehead atoms. The van der Waals surface area contributed by atoms with Crippen molar-refractivity contribution in [3.8, 4) is 0 Å². The third-order valence-corrected chi connectivity index (χ3v) is 4.31. The van der Waals surface area contributed by atoms with Crippen LogP contribution in [0.2, 0.25) is 0 Å². The number of hydrogen-bond donors (Lipinski definition) is 1. The number of aliphatic hydroxyl groups is 1. The maximum atomic E-state index is 11.8. The van der Waals surface area contributed by atoms with Crippen molar-refractivity contribution >= 4 is 11.8 Å². The van der Waals surface area contributed by atoms with Crippen LogP contribution in [0.4, 0.5) is 10.5 Å². The lowest BCUT2D eigenvalue weighted by molar-refractivity contribution is 0.102. The molecule has 1 atom stereocenters. The monoisotopic (exact) mass is 290 g/mol. The molecule has 0 unspecified atom stereocenters. The molecule has 1 aromatic rings. The molecular weight excluding hydrogens is 268 g/mol. The Morgan fingerprint density at radius 2 is 2.24 bits per heavy atom. The smallest absolute Gasteiger partial charge is 0.414 e. The molecule has 1 amide bonds. The summed E-state index contributed by atoms with van der Waals surface area (Å²) in [5, 5.41) is 9.81. The molecule has 0 saturated carbocycles. The fourth-order valence-electron chi connectivity index (χ4n) is 3.10. The number of anilines is 1. The lowest BCUT2D eigenvalue weighted by atomic mass is 9.97. The highest BCUT2D eigenvalue weighted by molar-refractivity contribution is 5.90. The minimum atomic E-state index is -0.261. The normalized spacial score (nSPS) is 20.3. The molecule has 1 fully saturated rings. The van der Waals surface area contributed by atoms with E-state index in [4.69, 9.17) is 4.74 Å². The maximum absolute atomic E-state index is 11.8. The fraction of sp³-hybridized carbons (Fsp3) is 0.562. The number of carbonyl (C=O) groups is 1. The number of carbonyl (C=O) groups excluding carboxylic acids is 1. The first kappa shape index (κ1) is 14.4. The molecule has 5 nitrogen and oxygen atoms in total. The van der Waals surface area contributed by atoms with Gasteiger partial charge in [0.15, 0.2) is 0 Å². The molecule has 21 heavy (non-hydrogen) atoms. The van der Waals surface area contributed by atoms with Gasteiger partial charge in [0.1, 0.15) is 6.61 Å². The first-order valence-electron chi connectivity index (χ1n) is 7.64. The second-order valence-corrected chi connectivity index (χ2v) is 5.73. The topological polar surface area (TPSA) is 53.0 Å². The highest BCUT2D eigenvalue weighted by Gasteiger charge is 2.28. The molecule has 2 aliphatic heterocycles. The summed E-state index contributed by atoms with van der Waals surface area (Å²) >= 11 is 0. The Kier molecular flexibility index (Phi) is 4.12. The molecule has 0 spiro atoms. The number of rotatable bonds is 4. The van der Waals surface area contributed by atoms with Gasteiger partial charge in [-0.3, -0.25) is 9.80 Å². The van der Waals surface area contributed by atoms with Crippen LogP contribution in [0.1, 0.15) is 24.5 Å². The van der Waals surface area contributed by atoms with Crippen LogP contribution >= 0.6 is 0 Å². The van der Waals surface area contributed by atoms with Crippen molar-refractivity contribution in [2.75, 3.05) is 31.1 Å². The van der Waals surface area contributed by atoms with E-state index in [1.54, 1.807) is 4.90 Å². The van der Waals surface area contributed by atoms with Gasteiger partial charge >= 0.3 is 6.09 Å². The summed E-state index contributed by atoms with van der Waals surface area (Å²) in [7, 11) is 0. The average molecular weight is 290 g/mol. The zero-order valence-corrected chi connectivity index (χ0v) is 12.4. The Balaban J connectivity index is 1.80. The Morgan fingerprint density at radius 1 is 1.38 bits per heavy atom. The molecular formula is C16H22N2O3. The van der Waals surface area contributed by atoms with Gasteiger partial charge in [0.05, 0.1) is 18.3 Å². The second-order valence-electron chi connectivity index (χ2n) is 5.73. The van der Waals surface area contributed by atoms with Crippen LogP contribution in [-0.4, -0.2) is 48.4 Å². The first-order valence-corrected chi connectivity index (χ1v) is 7.64. The van der Waals surface area contributed by atoms with Gasteiger partial charge in [-0.15, -0.1) is 0 Å². The fourth-order valence-corrected chi connectivity index (χ4v) is 3.10. The predicted molar refractivity (Wildman–Crippen MR) is 80.4 cm³/mol. The number of ether oxygens (including phenoxy) is 1. The zero-order chi connectivity index (χ0) is 14.8. The van der Waals surface area contributed by atoms with E-state index in [0.717, 1.165) is 31.6 Å². The number of nitrogens with zero attached hydrogens (tertiary/aromatic N) is 2. The summed E-state index contributed by atoms with van der Waals surface area (Å²) < 4.78 is 5.04. The van der Waals surface area contributed by atoms with Crippen LogP contribution in [0.25, 0.3) is 0 Å². The van der Waals surface area contributed by atoms with Gasteiger partial charge in [-0.2, -0.15) is 0 Å². The molecule has 1 saturated heterocycles. The number of amides is 1. The number of aliphatic hydroxyl groups excluding tert-OH is 1. The number of β-amino-alcohol motifs (C(OH)–C–C–N with tert-alkyl or cyclic N) is 1. The summed E-state index contributed by atoms with van der Waals surface area (Å²) in [5.41, 5.74) is 3.49. The molecule has 5 heteroatoms. The van der Waals surface area contributed by atoms with Crippen molar-refractivity contribution in [1.82, 2.24) is 4.90 Å². The molecule has 114 valence electrons. The van der Waals surface area contributed by atoms with Gasteiger partial charge in [-0.25, -0.2) is 4.79 Å². The Bertz CT molecular complexity index is 532. The van der Waals surface area contributed by atoms with E-state index >= 15 is 0 Å². The van der Waals surface area contributed by atoms with E-state index in [1.807, 2.05) is 19.1 Å². The highest BCUT2D eigenvalue weighted by Crippen LogP contribution is 2.30. The van der Waals surface area contributed by atoms with Crippen LogP contribution in [0, 0.1) is 0 Å². The Morgan fingerprint density at radius 3 is 2.95 bits per heavy atom. The average Bonchev–Trinajstić information content (AvgIpc) is 2.92. The van der Waals surface area contributed by atoms with E-state index in [-0.39, 0.29) is 12.2 Å². The molecule has 2 heterocycles. The van der Waals surface area contributed by atoms with E-state index in [2.05, 4.69) is 11.0 Å². The molecule has 3 rings (SSSR count). The SMILES string of the molecule is CC[C@@H](O)CN1CCc2c(cccc2N2CCOC2=O)C1. The minimum Gasteiger partial charge on any atom is -0.447 e. The third-order valence-electron chi connectivity index (χ3n) is 4.31. The molecule has 0 radical (unpaired) electrons. The van der Waals surface area contributed by atoms with Crippen LogP contribution in [-0.2, 0) is 17.7 Å². The Labute approximate surface area is 125 Å². The first-order chi connectivity index (χ1) is 10.2. The van der Waals surface area contributed by atoms with Gasteiger partial charge in [0.25, 0.3) is 0 Å². The minimum absolute atomic E-state index is 0.243. The summed E-state index contributed by atoms with van der Waals surface area (Å²) in [6.07, 6.45) is 1.19. The van der Waals surface area contributed by atoms with Gasteiger partial charge in [-0.1, -0.05) is 19.1 Å². The van der Waals surface area contributed by atoms with Gasteiger partial charge in [0, 0.05) is 19.6 Å². The maximum Gasteiger partial charge on any atom is 0.414 e. The summed E-state index contributed by atoms with van der Waals surface area (Å²) in [5.74, 6) is 0. The highest BCUT2D eigenvalue weighted by atomic mass is 16.6.